The molecule has 1 N–H and O–H groups in total. The SMILES string of the molecule is O=C(CN1CCCC1CO)c1ccc(I)cc1. The van der Waals surface area contributed by atoms with Gasteiger partial charge in [0.1, 0.15) is 0 Å². The highest BCUT2D eigenvalue weighted by molar-refractivity contribution is 14.1. The fourth-order valence-electron chi connectivity index (χ4n) is 2.22. The van der Waals surface area contributed by atoms with Crippen LogP contribution >= 0.6 is 22.6 Å². The van der Waals surface area contributed by atoms with Crippen LogP contribution in [0.5, 0.6) is 0 Å². The van der Waals surface area contributed by atoms with Crippen LogP contribution in [0.15, 0.2) is 24.3 Å². The van der Waals surface area contributed by atoms with E-state index < -0.39 is 0 Å². The number of hydrogen-bond donors (Lipinski definition) is 1. The number of halogens is 1. The highest BCUT2D eigenvalue weighted by Crippen LogP contribution is 2.17. The first-order valence-corrected chi connectivity index (χ1v) is 6.92. The Morgan fingerprint density at radius 1 is 1.41 bits per heavy atom. The van der Waals surface area contributed by atoms with Gasteiger partial charge in [0.05, 0.1) is 13.2 Å². The third kappa shape index (κ3) is 3.26. The standard InChI is InChI=1S/C13H16INO2/c14-11-5-3-10(4-6-11)13(17)8-15-7-1-2-12(15)9-16/h3-6,12,16H,1-2,7-9H2. The van der Waals surface area contributed by atoms with Crippen molar-refractivity contribution in [1.29, 1.82) is 0 Å². The van der Waals surface area contributed by atoms with E-state index in [0.29, 0.717) is 6.54 Å². The van der Waals surface area contributed by atoms with E-state index in [4.69, 9.17) is 0 Å². The van der Waals surface area contributed by atoms with Gasteiger partial charge in [-0.3, -0.25) is 9.69 Å². The Labute approximate surface area is 115 Å². The molecule has 1 aliphatic rings. The van der Waals surface area contributed by atoms with E-state index in [0.717, 1.165) is 28.5 Å². The summed E-state index contributed by atoms with van der Waals surface area (Å²) in [6.07, 6.45) is 2.07. The number of aliphatic hydroxyl groups excluding tert-OH is 1. The number of ketones is 1. The molecule has 1 unspecified atom stereocenters. The Kier molecular flexibility index (Phi) is 4.53. The average Bonchev–Trinajstić information content (AvgIpc) is 2.77. The van der Waals surface area contributed by atoms with E-state index in [1.54, 1.807) is 0 Å². The molecule has 0 bridgehead atoms. The number of benzene rings is 1. The van der Waals surface area contributed by atoms with Gasteiger partial charge in [-0.2, -0.15) is 0 Å². The molecule has 4 heteroatoms. The van der Waals surface area contributed by atoms with Gasteiger partial charge in [-0.15, -0.1) is 0 Å². The molecule has 0 saturated carbocycles. The molecule has 0 radical (unpaired) electrons. The van der Waals surface area contributed by atoms with Crippen molar-refractivity contribution in [1.82, 2.24) is 4.90 Å². The maximum atomic E-state index is 12.0. The van der Waals surface area contributed by atoms with Crippen LogP contribution in [0.25, 0.3) is 0 Å². The van der Waals surface area contributed by atoms with Crippen LogP contribution in [-0.2, 0) is 0 Å². The third-order valence-electron chi connectivity index (χ3n) is 3.22. The molecule has 0 amide bonds. The highest BCUT2D eigenvalue weighted by atomic mass is 127. The molecule has 0 spiro atoms. The maximum absolute atomic E-state index is 12.0. The van der Waals surface area contributed by atoms with Crippen molar-refractivity contribution in [3.63, 3.8) is 0 Å². The second-order valence-corrected chi connectivity index (χ2v) is 5.62. The average molecular weight is 345 g/mol. The van der Waals surface area contributed by atoms with Crippen LogP contribution in [0.1, 0.15) is 23.2 Å². The molecule has 1 atom stereocenters. The quantitative estimate of drug-likeness (QED) is 0.670. The van der Waals surface area contributed by atoms with Gasteiger partial charge in [-0.05, 0) is 54.1 Å². The van der Waals surface area contributed by atoms with E-state index >= 15 is 0 Å². The van der Waals surface area contributed by atoms with E-state index in [1.165, 1.54) is 0 Å². The summed E-state index contributed by atoms with van der Waals surface area (Å²) in [6.45, 7) is 1.49. The molecule has 1 fully saturated rings. The van der Waals surface area contributed by atoms with Crippen LogP contribution in [-0.4, -0.2) is 41.5 Å². The van der Waals surface area contributed by atoms with Crippen molar-refractivity contribution in [2.75, 3.05) is 19.7 Å². The molecule has 1 aromatic rings. The van der Waals surface area contributed by atoms with Crippen LogP contribution in [0.3, 0.4) is 0 Å². The Hall–Kier alpha value is -0.460. The monoisotopic (exact) mass is 345 g/mol. The number of rotatable bonds is 4. The van der Waals surface area contributed by atoms with Crippen LogP contribution in [0.4, 0.5) is 0 Å². The minimum atomic E-state index is 0.141. The smallest absolute Gasteiger partial charge is 0.176 e. The summed E-state index contributed by atoms with van der Waals surface area (Å²) in [4.78, 5) is 14.1. The number of aliphatic hydroxyl groups is 1. The topological polar surface area (TPSA) is 40.5 Å². The predicted octanol–water partition coefficient (Wildman–Crippen LogP) is 1.93. The summed E-state index contributed by atoms with van der Waals surface area (Å²) in [7, 11) is 0. The first-order valence-electron chi connectivity index (χ1n) is 5.84. The lowest BCUT2D eigenvalue weighted by Crippen LogP contribution is -2.36. The Bertz CT molecular complexity index is 391. The van der Waals surface area contributed by atoms with Gasteiger partial charge in [-0.25, -0.2) is 0 Å². The maximum Gasteiger partial charge on any atom is 0.176 e. The molecule has 0 aromatic heterocycles. The second-order valence-electron chi connectivity index (χ2n) is 4.38. The molecule has 92 valence electrons. The molecule has 3 nitrogen and oxygen atoms in total. The summed E-state index contributed by atoms with van der Waals surface area (Å²) >= 11 is 2.22. The van der Waals surface area contributed by atoms with Crippen molar-refractivity contribution in [3.8, 4) is 0 Å². The van der Waals surface area contributed by atoms with Gasteiger partial charge in [-0.1, -0.05) is 12.1 Å². The Balaban J connectivity index is 1.99. The molecule has 1 saturated heterocycles. The van der Waals surface area contributed by atoms with Gasteiger partial charge in [0.2, 0.25) is 0 Å². The van der Waals surface area contributed by atoms with Gasteiger partial charge < -0.3 is 5.11 Å². The molecular weight excluding hydrogens is 329 g/mol. The highest BCUT2D eigenvalue weighted by Gasteiger charge is 2.25. The van der Waals surface area contributed by atoms with Crippen molar-refractivity contribution in [3.05, 3.63) is 33.4 Å². The molecule has 2 rings (SSSR count). The minimum absolute atomic E-state index is 0.141. The summed E-state index contributed by atoms with van der Waals surface area (Å²) < 4.78 is 1.13. The summed E-state index contributed by atoms with van der Waals surface area (Å²) in [5, 5.41) is 9.20. The number of carbonyl (C=O) groups excluding carboxylic acids is 1. The lowest BCUT2D eigenvalue weighted by molar-refractivity contribution is 0.0888. The van der Waals surface area contributed by atoms with Crippen molar-refractivity contribution >= 4 is 28.4 Å². The number of likely N-dealkylation sites (tertiary alicyclic amines) is 1. The normalized spacial score (nSPS) is 20.7. The van der Waals surface area contributed by atoms with E-state index in [1.807, 2.05) is 24.3 Å². The Morgan fingerprint density at radius 3 is 2.76 bits per heavy atom. The van der Waals surface area contributed by atoms with E-state index in [9.17, 15) is 9.90 Å². The Morgan fingerprint density at radius 2 is 2.12 bits per heavy atom. The molecule has 17 heavy (non-hydrogen) atoms. The van der Waals surface area contributed by atoms with Crippen LogP contribution in [0, 0.1) is 3.57 Å². The van der Waals surface area contributed by atoms with Gasteiger partial charge in [0, 0.05) is 15.2 Å². The lowest BCUT2D eigenvalue weighted by atomic mass is 10.1. The summed E-state index contributed by atoms with van der Waals surface area (Å²) in [5.74, 6) is 0.141. The molecule has 1 heterocycles. The van der Waals surface area contributed by atoms with Crippen LogP contribution < -0.4 is 0 Å². The fraction of sp³-hybridized carbons (Fsp3) is 0.462. The first-order chi connectivity index (χ1) is 8.20. The van der Waals surface area contributed by atoms with Gasteiger partial charge >= 0.3 is 0 Å². The van der Waals surface area contributed by atoms with Gasteiger partial charge in [0.25, 0.3) is 0 Å². The molecular formula is C13H16INO2. The predicted molar refractivity (Wildman–Crippen MR) is 75.2 cm³/mol. The zero-order chi connectivity index (χ0) is 12.3. The summed E-state index contributed by atoms with van der Waals surface area (Å²) in [6, 6.07) is 7.80. The number of carbonyl (C=O) groups is 1. The second kappa shape index (κ2) is 5.93. The molecule has 1 aliphatic heterocycles. The summed E-state index contributed by atoms with van der Waals surface area (Å²) in [5.41, 5.74) is 0.758. The van der Waals surface area contributed by atoms with E-state index in [2.05, 4.69) is 27.5 Å². The minimum Gasteiger partial charge on any atom is -0.395 e. The fourth-order valence-corrected chi connectivity index (χ4v) is 2.58. The largest absolute Gasteiger partial charge is 0.395 e. The van der Waals surface area contributed by atoms with Crippen LogP contribution in [0.2, 0.25) is 0 Å². The number of nitrogens with zero attached hydrogens (tertiary/aromatic N) is 1. The number of Topliss-reactive ketones (excluding diaryl/α,β-unsaturated/α-hetero) is 1. The van der Waals surface area contributed by atoms with E-state index in [-0.39, 0.29) is 18.4 Å². The third-order valence-corrected chi connectivity index (χ3v) is 3.94. The number of hydrogen-bond acceptors (Lipinski definition) is 3. The van der Waals surface area contributed by atoms with Gasteiger partial charge in [0.15, 0.2) is 5.78 Å². The molecule has 0 aliphatic carbocycles. The zero-order valence-corrected chi connectivity index (χ0v) is 11.8. The first kappa shape index (κ1) is 13.0. The van der Waals surface area contributed by atoms with Crippen molar-refractivity contribution in [2.24, 2.45) is 0 Å². The van der Waals surface area contributed by atoms with Crippen molar-refractivity contribution < 1.29 is 9.90 Å². The molecule has 1 aromatic carbocycles. The lowest BCUT2D eigenvalue weighted by Gasteiger charge is -2.21. The zero-order valence-electron chi connectivity index (χ0n) is 9.60. The van der Waals surface area contributed by atoms with Crippen molar-refractivity contribution in [2.45, 2.75) is 18.9 Å².